The van der Waals surface area contributed by atoms with E-state index in [9.17, 15) is 5.11 Å². The van der Waals surface area contributed by atoms with Crippen molar-refractivity contribution < 1.29 is 14.6 Å². The fraction of sp³-hybridized carbons (Fsp3) is 0.800. The van der Waals surface area contributed by atoms with Gasteiger partial charge >= 0.3 is 0 Å². The third-order valence-electron chi connectivity index (χ3n) is 2.68. The molecule has 0 amide bonds. The van der Waals surface area contributed by atoms with Crippen molar-refractivity contribution in [2.45, 2.75) is 37.9 Å². The Labute approximate surface area is 78.3 Å². The van der Waals surface area contributed by atoms with Crippen LogP contribution in [0.2, 0.25) is 0 Å². The first-order valence-corrected chi connectivity index (χ1v) is 4.96. The summed E-state index contributed by atoms with van der Waals surface area (Å²) in [5, 5.41) is 9.78. The van der Waals surface area contributed by atoms with Gasteiger partial charge in [0, 0.05) is 19.4 Å². The number of ether oxygens (including phenoxy) is 2. The van der Waals surface area contributed by atoms with Gasteiger partial charge < -0.3 is 14.6 Å². The van der Waals surface area contributed by atoms with Crippen molar-refractivity contribution in [2.75, 3.05) is 13.2 Å². The zero-order valence-electron chi connectivity index (χ0n) is 7.74. The molecule has 3 nitrogen and oxygen atoms in total. The molecule has 13 heavy (non-hydrogen) atoms. The summed E-state index contributed by atoms with van der Waals surface area (Å²) in [6.45, 7) is 1.57. The van der Waals surface area contributed by atoms with E-state index in [2.05, 4.69) is 0 Å². The Morgan fingerprint density at radius 1 is 1.54 bits per heavy atom. The second-order valence-corrected chi connectivity index (χ2v) is 3.70. The van der Waals surface area contributed by atoms with Gasteiger partial charge in [0.1, 0.15) is 0 Å². The molecule has 2 unspecified atom stereocenters. The molecule has 1 fully saturated rings. The lowest BCUT2D eigenvalue weighted by atomic mass is 10.0. The van der Waals surface area contributed by atoms with E-state index < -0.39 is 0 Å². The molecular weight excluding hydrogens is 168 g/mol. The molecule has 3 heteroatoms. The molecule has 0 aliphatic carbocycles. The lowest BCUT2D eigenvalue weighted by Gasteiger charge is -2.14. The molecule has 0 spiro atoms. The number of aliphatic hydroxyl groups excluding tert-OH is 1. The molecular formula is C10H16O3. The van der Waals surface area contributed by atoms with Crippen LogP contribution in [0.25, 0.3) is 0 Å². The van der Waals surface area contributed by atoms with Crippen LogP contribution < -0.4 is 0 Å². The topological polar surface area (TPSA) is 38.7 Å². The maximum Gasteiger partial charge on any atom is 0.0912 e. The van der Waals surface area contributed by atoms with Crippen LogP contribution in [0, 0.1) is 0 Å². The standard InChI is InChI=1S/C10H16O3/c11-10(8-3-5-12-7-8)6-9-2-1-4-13-9/h7,9-11H,1-6H2. The van der Waals surface area contributed by atoms with Gasteiger partial charge in [-0.3, -0.25) is 0 Å². The summed E-state index contributed by atoms with van der Waals surface area (Å²) in [6, 6.07) is 0. The zero-order valence-corrected chi connectivity index (χ0v) is 7.74. The van der Waals surface area contributed by atoms with Crippen molar-refractivity contribution in [3.8, 4) is 0 Å². The van der Waals surface area contributed by atoms with Crippen LogP contribution in [0.3, 0.4) is 0 Å². The molecule has 0 aromatic rings. The summed E-state index contributed by atoms with van der Waals surface area (Å²) in [6.07, 6.45) is 5.42. The average Bonchev–Trinajstić information content (AvgIpc) is 2.74. The molecule has 0 saturated carbocycles. The van der Waals surface area contributed by atoms with Crippen molar-refractivity contribution >= 4 is 0 Å². The van der Waals surface area contributed by atoms with Gasteiger partial charge in [-0.15, -0.1) is 0 Å². The Morgan fingerprint density at radius 2 is 2.46 bits per heavy atom. The van der Waals surface area contributed by atoms with Crippen LogP contribution >= 0.6 is 0 Å². The monoisotopic (exact) mass is 184 g/mol. The molecule has 0 aromatic heterocycles. The molecule has 2 heterocycles. The zero-order chi connectivity index (χ0) is 9.10. The lowest BCUT2D eigenvalue weighted by molar-refractivity contribution is 0.0652. The van der Waals surface area contributed by atoms with Crippen LogP contribution in [0.15, 0.2) is 11.8 Å². The highest BCUT2D eigenvalue weighted by atomic mass is 16.5. The van der Waals surface area contributed by atoms with E-state index >= 15 is 0 Å². The molecule has 1 saturated heterocycles. The normalized spacial score (nSPS) is 29.9. The van der Waals surface area contributed by atoms with Crippen molar-refractivity contribution in [3.63, 3.8) is 0 Å². The van der Waals surface area contributed by atoms with Gasteiger partial charge in [0.15, 0.2) is 0 Å². The minimum absolute atomic E-state index is 0.261. The Bertz CT molecular complexity index is 194. The van der Waals surface area contributed by atoms with Crippen LogP contribution in [0.5, 0.6) is 0 Å². The average molecular weight is 184 g/mol. The van der Waals surface area contributed by atoms with Crippen molar-refractivity contribution in [2.24, 2.45) is 0 Å². The molecule has 0 radical (unpaired) electrons. The molecule has 1 N–H and O–H groups in total. The second kappa shape index (κ2) is 4.11. The first kappa shape index (κ1) is 9.03. The van der Waals surface area contributed by atoms with Crippen LogP contribution in [-0.2, 0) is 9.47 Å². The highest BCUT2D eigenvalue weighted by Gasteiger charge is 2.23. The molecule has 0 bridgehead atoms. The van der Waals surface area contributed by atoms with E-state index in [4.69, 9.17) is 9.47 Å². The molecule has 2 rings (SSSR count). The van der Waals surface area contributed by atoms with Crippen molar-refractivity contribution in [1.29, 1.82) is 0 Å². The van der Waals surface area contributed by atoms with Gasteiger partial charge in [-0.05, 0) is 18.4 Å². The minimum atomic E-state index is -0.356. The third kappa shape index (κ3) is 2.23. The van der Waals surface area contributed by atoms with E-state index in [0.29, 0.717) is 0 Å². The predicted octanol–water partition coefficient (Wildman–Crippen LogP) is 1.22. The Kier molecular flexibility index (Phi) is 2.86. The lowest BCUT2D eigenvalue weighted by Crippen LogP contribution is -2.18. The SMILES string of the molecule is OC(CC1CCCO1)C1=COCC1. The first-order chi connectivity index (χ1) is 6.36. The fourth-order valence-corrected chi connectivity index (χ4v) is 1.88. The molecule has 2 aliphatic rings. The van der Waals surface area contributed by atoms with Crippen molar-refractivity contribution in [3.05, 3.63) is 11.8 Å². The van der Waals surface area contributed by atoms with E-state index in [1.54, 1.807) is 6.26 Å². The molecule has 2 atom stereocenters. The summed E-state index contributed by atoms with van der Waals surface area (Å²) >= 11 is 0. The number of aliphatic hydroxyl groups is 1. The summed E-state index contributed by atoms with van der Waals surface area (Å²) in [5.74, 6) is 0. The van der Waals surface area contributed by atoms with Gasteiger partial charge in [-0.25, -0.2) is 0 Å². The van der Waals surface area contributed by atoms with Gasteiger partial charge in [0.2, 0.25) is 0 Å². The Balaban J connectivity index is 1.79. The highest BCUT2D eigenvalue weighted by Crippen LogP contribution is 2.23. The third-order valence-corrected chi connectivity index (χ3v) is 2.68. The van der Waals surface area contributed by atoms with Gasteiger partial charge in [0.25, 0.3) is 0 Å². The summed E-state index contributed by atoms with van der Waals surface area (Å²) in [5.41, 5.74) is 1.02. The number of hydrogen-bond donors (Lipinski definition) is 1. The minimum Gasteiger partial charge on any atom is -0.501 e. The quantitative estimate of drug-likeness (QED) is 0.716. The smallest absolute Gasteiger partial charge is 0.0912 e. The summed E-state index contributed by atoms with van der Waals surface area (Å²) in [7, 11) is 0. The van der Waals surface area contributed by atoms with Gasteiger partial charge in [-0.2, -0.15) is 0 Å². The van der Waals surface area contributed by atoms with Gasteiger partial charge in [0.05, 0.1) is 25.1 Å². The summed E-state index contributed by atoms with van der Waals surface area (Å²) in [4.78, 5) is 0. The molecule has 74 valence electrons. The fourth-order valence-electron chi connectivity index (χ4n) is 1.88. The van der Waals surface area contributed by atoms with E-state index in [1.165, 1.54) is 0 Å². The largest absolute Gasteiger partial charge is 0.501 e. The van der Waals surface area contributed by atoms with Crippen LogP contribution in [0.1, 0.15) is 25.7 Å². The number of rotatable bonds is 3. The summed E-state index contributed by atoms with van der Waals surface area (Å²) < 4.78 is 10.5. The maximum atomic E-state index is 9.78. The second-order valence-electron chi connectivity index (χ2n) is 3.70. The Morgan fingerprint density at radius 3 is 3.08 bits per heavy atom. The van der Waals surface area contributed by atoms with E-state index in [1.807, 2.05) is 0 Å². The van der Waals surface area contributed by atoms with E-state index in [-0.39, 0.29) is 12.2 Å². The maximum absolute atomic E-state index is 9.78. The van der Waals surface area contributed by atoms with Crippen LogP contribution in [0.4, 0.5) is 0 Å². The van der Waals surface area contributed by atoms with E-state index in [0.717, 1.165) is 44.5 Å². The highest BCUT2D eigenvalue weighted by molar-refractivity contribution is 5.08. The van der Waals surface area contributed by atoms with Crippen molar-refractivity contribution in [1.82, 2.24) is 0 Å². The first-order valence-electron chi connectivity index (χ1n) is 4.96. The van der Waals surface area contributed by atoms with Crippen LogP contribution in [-0.4, -0.2) is 30.5 Å². The number of hydrogen-bond acceptors (Lipinski definition) is 3. The molecule has 2 aliphatic heterocycles. The van der Waals surface area contributed by atoms with Gasteiger partial charge in [-0.1, -0.05) is 0 Å². The molecule has 0 aromatic carbocycles. The predicted molar refractivity (Wildman–Crippen MR) is 48.2 cm³/mol. The Hall–Kier alpha value is -0.540.